The molecule has 0 aliphatic heterocycles. The highest BCUT2D eigenvalue weighted by Crippen LogP contribution is 2.75. The van der Waals surface area contributed by atoms with Gasteiger partial charge in [-0.1, -0.05) is 66.2 Å². The summed E-state index contributed by atoms with van der Waals surface area (Å²) in [5.74, 6) is 0.670. The van der Waals surface area contributed by atoms with E-state index < -0.39 is 35.0 Å². The number of aromatic hydroxyl groups is 1. The number of esters is 1. The summed E-state index contributed by atoms with van der Waals surface area (Å²) in [6, 6.07) is 4.87. The maximum absolute atomic E-state index is 13.2. The molecule has 3 N–H and O–H groups in total. The first kappa shape index (κ1) is 34.1. The molecule has 6 rings (SSSR count). The second-order valence-corrected chi connectivity index (χ2v) is 17.3. The number of aliphatic hydroxyl groups excluding tert-OH is 1. The molecule has 11 atom stereocenters. The molecule has 11 unspecified atom stereocenters. The Morgan fingerprint density at radius 3 is 2.38 bits per heavy atom. The molecule has 0 spiro atoms. The highest BCUT2D eigenvalue weighted by molar-refractivity contribution is 5.87. The average molecular weight is 649 g/mol. The second-order valence-electron chi connectivity index (χ2n) is 17.3. The van der Waals surface area contributed by atoms with Gasteiger partial charge in [0.05, 0.1) is 18.6 Å². The van der Waals surface area contributed by atoms with Crippen LogP contribution in [0.1, 0.15) is 105 Å². The molecule has 4 fully saturated rings. The summed E-state index contributed by atoms with van der Waals surface area (Å²) in [6.07, 6.45) is 10.9. The molecule has 0 bridgehead atoms. The van der Waals surface area contributed by atoms with Crippen molar-refractivity contribution in [2.75, 3.05) is 7.11 Å². The standard InChI is InChI=1S/C40H56O7/c1-23-15-18-40(35(44)45)20-19-38(6)26(33(40)24(23)2)11-13-31-37(5)22-29(34(43)36(3,4)30(37)16-17-39(31,38)7)47-32(42)14-10-25-9-12-27(41)28(21-25)46-8/h9-12,14,21,23-24,29-31,33-34,41,43H,13,15-20,22H2,1-8H3,(H,44,45)/b14-10+. The van der Waals surface area contributed by atoms with E-state index in [-0.39, 0.29) is 33.8 Å². The predicted octanol–water partition coefficient (Wildman–Crippen LogP) is 8.04. The van der Waals surface area contributed by atoms with E-state index in [0.717, 1.165) is 44.9 Å². The molecule has 7 nitrogen and oxygen atoms in total. The molecular weight excluding hydrogens is 592 g/mol. The lowest BCUT2D eigenvalue weighted by Crippen LogP contribution is -2.67. The Kier molecular flexibility index (Phi) is 8.26. The highest BCUT2D eigenvalue weighted by atomic mass is 16.6. The van der Waals surface area contributed by atoms with E-state index in [9.17, 15) is 24.9 Å². The maximum atomic E-state index is 13.2. The van der Waals surface area contributed by atoms with Crippen LogP contribution in [0.15, 0.2) is 35.9 Å². The van der Waals surface area contributed by atoms with Crippen LogP contribution in [0, 0.1) is 56.7 Å². The SMILES string of the molecule is COc1cc(/C=C/C(=O)OC2CC3(C)C(CCC4(C)C3CC=C3C5C(C)C(C)CCC5(C(=O)O)CCC34C)C(C)(C)C2O)ccc1O. The van der Waals surface area contributed by atoms with E-state index in [1.807, 2.05) is 0 Å². The Balaban J connectivity index is 1.32. The number of carbonyl (C=O) groups is 2. The zero-order valence-corrected chi connectivity index (χ0v) is 29.6. The molecular formula is C40H56O7. The quantitative estimate of drug-likeness (QED) is 0.168. The van der Waals surface area contributed by atoms with Crippen molar-refractivity contribution < 1.29 is 34.4 Å². The molecule has 0 heterocycles. The normalized spacial score (nSPS) is 43.9. The molecule has 7 heteroatoms. The summed E-state index contributed by atoms with van der Waals surface area (Å²) >= 11 is 0. The van der Waals surface area contributed by atoms with Crippen molar-refractivity contribution in [2.24, 2.45) is 56.7 Å². The van der Waals surface area contributed by atoms with Gasteiger partial charge in [-0.3, -0.25) is 4.79 Å². The molecule has 0 saturated heterocycles. The third kappa shape index (κ3) is 4.83. The predicted molar refractivity (Wildman–Crippen MR) is 182 cm³/mol. The number of carbonyl (C=O) groups excluding carboxylic acids is 1. The van der Waals surface area contributed by atoms with Crippen LogP contribution in [0.25, 0.3) is 6.08 Å². The van der Waals surface area contributed by atoms with Gasteiger partial charge in [0, 0.05) is 6.08 Å². The van der Waals surface area contributed by atoms with Gasteiger partial charge in [0.15, 0.2) is 11.5 Å². The van der Waals surface area contributed by atoms with Gasteiger partial charge >= 0.3 is 11.9 Å². The van der Waals surface area contributed by atoms with E-state index in [2.05, 4.69) is 54.5 Å². The molecule has 5 aliphatic rings. The van der Waals surface area contributed by atoms with Crippen molar-refractivity contribution >= 4 is 18.0 Å². The Morgan fingerprint density at radius 2 is 1.70 bits per heavy atom. The summed E-state index contributed by atoms with van der Waals surface area (Å²) in [5.41, 5.74) is 0.618. The van der Waals surface area contributed by atoms with Crippen molar-refractivity contribution in [3.05, 3.63) is 41.5 Å². The number of fused-ring (bicyclic) bond motifs is 7. The van der Waals surface area contributed by atoms with Crippen molar-refractivity contribution in [3.8, 4) is 11.5 Å². The summed E-state index contributed by atoms with van der Waals surface area (Å²) in [5, 5.41) is 32.4. The molecule has 1 aromatic carbocycles. The van der Waals surface area contributed by atoms with Gasteiger partial charge in [-0.15, -0.1) is 0 Å². The van der Waals surface area contributed by atoms with Crippen LogP contribution in [-0.2, 0) is 14.3 Å². The number of aliphatic carboxylic acids is 1. The number of carboxylic acids is 1. The maximum Gasteiger partial charge on any atom is 0.331 e. The fourth-order valence-electron chi connectivity index (χ4n) is 12.2. The van der Waals surface area contributed by atoms with E-state index in [4.69, 9.17) is 9.47 Å². The van der Waals surface area contributed by atoms with Crippen LogP contribution in [0.3, 0.4) is 0 Å². The number of benzene rings is 1. The third-order valence-corrected chi connectivity index (χ3v) is 15.2. The van der Waals surface area contributed by atoms with Crippen molar-refractivity contribution in [1.29, 1.82) is 0 Å². The topological polar surface area (TPSA) is 113 Å². The average Bonchev–Trinajstić information content (AvgIpc) is 3.01. The Hall–Kier alpha value is -2.80. The Labute approximate surface area is 280 Å². The summed E-state index contributed by atoms with van der Waals surface area (Å²) in [6.45, 7) is 16.2. The third-order valence-electron chi connectivity index (χ3n) is 15.2. The molecule has 47 heavy (non-hydrogen) atoms. The molecule has 4 saturated carbocycles. The van der Waals surface area contributed by atoms with Crippen LogP contribution >= 0.6 is 0 Å². The second kappa shape index (κ2) is 11.4. The monoisotopic (exact) mass is 648 g/mol. The van der Waals surface area contributed by atoms with Gasteiger partial charge in [0.1, 0.15) is 6.10 Å². The largest absolute Gasteiger partial charge is 0.504 e. The number of rotatable bonds is 5. The first-order chi connectivity index (χ1) is 22.0. The number of aliphatic hydroxyl groups is 1. The van der Waals surface area contributed by atoms with Gasteiger partial charge in [-0.25, -0.2) is 4.79 Å². The van der Waals surface area contributed by atoms with E-state index >= 15 is 0 Å². The molecule has 258 valence electrons. The van der Waals surface area contributed by atoms with Crippen molar-refractivity contribution in [3.63, 3.8) is 0 Å². The van der Waals surface area contributed by atoms with E-state index in [0.29, 0.717) is 35.5 Å². The Bertz CT molecular complexity index is 1490. The molecule has 0 aromatic heterocycles. The zero-order chi connectivity index (χ0) is 34.3. The van der Waals surface area contributed by atoms with Crippen LogP contribution in [0.2, 0.25) is 0 Å². The van der Waals surface area contributed by atoms with Crippen LogP contribution < -0.4 is 4.74 Å². The van der Waals surface area contributed by atoms with Crippen LogP contribution in [0.5, 0.6) is 11.5 Å². The lowest BCUT2D eigenvalue weighted by molar-refractivity contribution is -0.237. The van der Waals surface area contributed by atoms with Gasteiger partial charge in [0.2, 0.25) is 0 Å². The number of phenols is 1. The number of allylic oxidation sites excluding steroid dienone is 2. The summed E-state index contributed by atoms with van der Waals surface area (Å²) < 4.78 is 11.3. The first-order valence-electron chi connectivity index (χ1n) is 17.8. The summed E-state index contributed by atoms with van der Waals surface area (Å²) in [7, 11) is 1.48. The van der Waals surface area contributed by atoms with Gasteiger partial charge in [-0.05, 0) is 126 Å². The number of methoxy groups -OCH3 is 1. The molecule has 5 aliphatic carbocycles. The number of hydrogen-bond donors (Lipinski definition) is 3. The number of hydrogen-bond acceptors (Lipinski definition) is 6. The fourth-order valence-corrected chi connectivity index (χ4v) is 12.2. The number of phenolic OH excluding ortho intramolecular Hbond substituents is 1. The number of ether oxygens (including phenoxy) is 2. The minimum Gasteiger partial charge on any atom is -0.504 e. The highest BCUT2D eigenvalue weighted by Gasteiger charge is 2.70. The fraction of sp³-hybridized carbons (Fsp3) is 0.700. The van der Waals surface area contributed by atoms with Gasteiger partial charge < -0.3 is 24.8 Å². The Morgan fingerprint density at radius 1 is 0.979 bits per heavy atom. The first-order valence-corrected chi connectivity index (χ1v) is 17.8. The minimum atomic E-state index is -0.795. The van der Waals surface area contributed by atoms with E-state index in [1.165, 1.54) is 24.8 Å². The number of carboxylic acid groups (broad SMARTS) is 1. The van der Waals surface area contributed by atoms with Gasteiger partial charge in [-0.2, -0.15) is 0 Å². The van der Waals surface area contributed by atoms with E-state index in [1.54, 1.807) is 18.2 Å². The zero-order valence-electron chi connectivity index (χ0n) is 29.6. The molecule has 0 radical (unpaired) electrons. The van der Waals surface area contributed by atoms with Gasteiger partial charge in [0.25, 0.3) is 0 Å². The lowest BCUT2D eigenvalue weighted by atomic mass is 9.33. The van der Waals surface area contributed by atoms with Crippen LogP contribution in [-0.4, -0.2) is 46.6 Å². The smallest absolute Gasteiger partial charge is 0.331 e. The van der Waals surface area contributed by atoms with Crippen LogP contribution in [0.4, 0.5) is 0 Å². The minimum absolute atomic E-state index is 0.0258. The molecule has 0 amide bonds. The molecule has 1 aromatic rings. The van der Waals surface area contributed by atoms with Crippen molar-refractivity contribution in [1.82, 2.24) is 0 Å². The lowest BCUT2D eigenvalue weighted by Gasteiger charge is -2.71. The van der Waals surface area contributed by atoms with Crippen molar-refractivity contribution in [2.45, 2.75) is 112 Å². The summed E-state index contributed by atoms with van der Waals surface area (Å²) in [4.78, 5) is 26.3.